The van der Waals surface area contributed by atoms with Gasteiger partial charge in [-0.25, -0.2) is 4.98 Å². The van der Waals surface area contributed by atoms with Crippen molar-refractivity contribution >= 4 is 22.9 Å². The van der Waals surface area contributed by atoms with Crippen LogP contribution in [0.2, 0.25) is 0 Å². The lowest BCUT2D eigenvalue weighted by atomic mass is 9.91. The van der Waals surface area contributed by atoms with Crippen molar-refractivity contribution in [2.45, 2.75) is 13.5 Å². The number of anilines is 1. The quantitative estimate of drug-likeness (QED) is 0.606. The molecule has 1 aromatic heterocycles. The number of aryl methyl sites for hydroxylation is 1. The van der Waals surface area contributed by atoms with E-state index in [1.165, 1.54) is 17.5 Å². The van der Waals surface area contributed by atoms with Gasteiger partial charge in [-0.15, -0.1) is 11.3 Å². The van der Waals surface area contributed by atoms with Crippen LogP contribution in [0.3, 0.4) is 0 Å². The zero-order valence-corrected chi connectivity index (χ0v) is 14.6. The zero-order chi connectivity index (χ0) is 18.4. The highest BCUT2D eigenvalue weighted by atomic mass is 32.1. The van der Waals surface area contributed by atoms with Gasteiger partial charge in [-0.2, -0.15) is 5.26 Å². The van der Waals surface area contributed by atoms with Crippen molar-refractivity contribution in [3.05, 3.63) is 52.0 Å². The third kappa shape index (κ3) is 2.39. The molecule has 26 heavy (non-hydrogen) atoms. The Bertz CT molecular complexity index is 1110. The van der Waals surface area contributed by atoms with E-state index in [1.807, 2.05) is 13.0 Å². The molecule has 2 aromatic carbocycles. The minimum Gasteiger partial charge on any atom is -0.508 e. The lowest BCUT2D eigenvalue weighted by Gasteiger charge is -2.15. The predicted octanol–water partition coefficient (Wildman–Crippen LogP) is 3.19. The van der Waals surface area contributed by atoms with Crippen molar-refractivity contribution in [3.8, 4) is 33.5 Å². The van der Waals surface area contributed by atoms with Gasteiger partial charge in [-0.05, 0) is 41.8 Å². The van der Waals surface area contributed by atoms with E-state index >= 15 is 0 Å². The van der Waals surface area contributed by atoms with Crippen LogP contribution >= 0.6 is 11.3 Å². The highest BCUT2D eigenvalue weighted by Gasteiger charge is 2.29. The zero-order valence-electron chi connectivity index (χ0n) is 13.8. The summed E-state index contributed by atoms with van der Waals surface area (Å²) < 4.78 is 0. The highest BCUT2D eigenvalue weighted by Crippen LogP contribution is 2.42. The number of aromatic hydroxyl groups is 1. The van der Waals surface area contributed by atoms with Crippen LogP contribution in [-0.4, -0.2) is 16.0 Å². The molecule has 0 atom stereocenters. The normalized spacial score (nSPS) is 12.5. The first-order valence-electron chi connectivity index (χ1n) is 7.89. The number of phenols is 1. The minimum atomic E-state index is -0.226. The van der Waals surface area contributed by atoms with Gasteiger partial charge in [-0.1, -0.05) is 6.07 Å². The second kappa shape index (κ2) is 5.86. The number of nitrogens with two attached hydrogens (primary N) is 1. The van der Waals surface area contributed by atoms with E-state index in [9.17, 15) is 9.90 Å². The van der Waals surface area contributed by atoms with Gasteiger partial charge >= 0.3 is 0 Å². The molecule has 0 fully saturated rings. The summed E-state index contributed by atoms with van der Waals surface area (Å²) in [5.41, 5.74) is 11.1. The molecule has 0 saturated carbocycles. The van der Waals surface area contributed by atoms with Gasteiger partial charge in [0, 0.05) is 17.7 Å². The predicted molar refractivity (Wildman–Crippen MR) is 99.7 cm³/mol. The van der Waals surface area contributed by atoms with Crippen molar-refractivity contribution < 1.29 is 9.90 Å². The van der Waals surface area contributed by atoms with Crippen molar-refractivity contribution in [3.63, 3.8) is 0 Å². The highest BCUT2D eigenvalue weighted by molar-refractivity contribution is 7.15. The Hall–Kier alpha value is -3.37. The summed E-state index contributed by atoms with van der Waals surface area (Å²) in [7, 11) is 0. The number of amides is 1. The largest absolute Gasteiger partial charge is 0.508 e. The molecule has 2 heterocycles. The Kier molecular flexibility index (Phi) is 3.63. The van der Waals surface area contributed by atoms with Gasteiger partial charge in [-0.3, -0.25) is 4.79 Å². The standard InChI is InChI=1S/C19H14N4O2S/c1-9-2-3-10(24)4-12(9)13-5-14(19-23-7-11(6-20)26-19)15-8-22-18(25)16(15)17(13)21/h2-5,7,24H,8,21H2,1H3,(H,22,25). The van der Waals surface area contributed by atoms with Crippen LogP contribution in [-0.2, 0) is 6.54 Å². The molecule has 1 amide bonds. The fraction of sp³-hybridized carbons (Fsp3) is 0.105. The minimum absolute atomic E-state index is 0.123. The number of carbonyl (C=O) groups is 1. The maximum Gasteiger partial charge on any atom is 0.254 e. The molecule has 6 nitrogen and oxygen atoms in total. The molecule has 1 aliphatic heterocycles. The number of nitrogens with one attached hydrogen (secondary N) is 1. The third-order valence-corrected chi connectivity index (χ3v) is 5.42. The molecule has 0 unspecified atom stereocenters. The second-order valence-electron chi connectivity index (χ2n) is 6.06. The van der Waals surface area contributed by atoms with Crippen molar-refractivity contribution in [1.29, 1.82) is 5.26 Å². The number of thiazole rings is 1. The topological polar surface area (TPSA) is 112 Å². The third-order valence-electron chi connectivity index (χ3n) is 4.49. The van der Waals surface area contributed by atoms with Crippen molar-refractivity contribution in [1.82, 2.24) is 10.3 Å². The first-order chi connectivity index (χ1) is 12.5. The van der Waals surface area contributed by atoms with E-state index in [-0.39, 0.29) is 11.7 Å². The molecule has 0 spiro atoms. The summed E-state index contributed by atoms with van der Waals surface area (Å²) in [5.74, 6) is -0.104. The summed E-state index contributed by atoms with van der Waals surface area (Å²) in [6, 6.07) is 9.01. The fourth-order valence-electron chi connectivity index (χ4n) is 3.21. The van der Waals surface area contributed by atoms with Crippen LogP contribution in [0.4, 0.5) is 5.69 Å². The molecule has 0 aliphatic carbocycles. The van der Waals surface area contributed by atoms with Gasteiger partial charge in [0.2, 0.25) is 0 Å². The first kappa shape index (κ1) is 16.1. The number of nitrogens with zero attached hydrogens (tertiary/aromatic N) is 2. The number of nitrogen functional groups attached to an aromatic ring is 1. The second-order valence-corrected chi connectivity index (χ2v) is 7.09. The van der Waals surface area contributed by atoms with Crippen LogP contribution in [0.15, 0.2) is 30.5 Å². The number of carbonyl (C=O) groups excluding carboxylic acids is 1. The average molecular weight is 362 g/mol. The van der Waals surface area contributed by atoms with Gasteiger partial charge < -0.3 is 16.2 Å². The Balaban J connectivity index is 2.03. The number of aromatic nitrogens is 1. The average Bonchev–Trinajstić information content (AvgIpc) is 3.25. The molecule has 7 heteroatoms. The van der Waals surface area contributed by atoms with Crippen LogP contribution in [0.25, 0.3) is 21.7 Å². The van der Waals surface area contributed by atoms with Gasteiger partial charge in [0.05, 0.1) is 17.4 Å². The number of hydrogen-bond acceptors (Lipinski definition) is 6. The van der Waals surface area contributed by atoms with Crippen LogP contribution in [0.1, 0.15) is 26.4 Å². The lowest BCUT2D eigenvalue weighted by molar-refractivity contribution is 0.0966. The van der Waals surface area contributed by atoms with Crippen molar-refractivity contribution in [2.24, 2.45) is 0 Å². The van der Waals surface area contributed by atoms with E-state index in [0.29, 0.717) is 33.2 Å². The SMILES string of the molecule is Cc1ccc(O)cc1-c1cc(-c2ncc(C#N)s2)c2c(c1N)C(=O)NC2. The monoisotopic (exact) mass is 362 g/mol. The number of fused-ring (bicyclic) bond motifs is 1. The number of hydrogen-bond donors (Lipinski definition) is 3. The summed E-state index contributed by atoms with van der Waals surface area (Å²) in [5, 5.41) is 22.4. The Morgan fingerprint density at radius 3 is 2.85 bits per heavy atom. The summed E-state index contributed by atoms with van der Waals surface area (Å²) in [4.78, 5) is 17.2. The van der Waals surface area contributed by atoms with E-state index in [0.717, 1.165) is 22.3 Å². The summed E-state index contributed by atoms with van der Waals surface area (Å²) in [6.45, 7) is 2.28. The van der Waals surface area contributed by atoms with E-state index in [2.05, 4.69) is 16.4 Å². The number of rotatable bonds is 2. The lowest BCUT2D eigenvalue weighted by Crippen LogP contribution is -2.13. The van der Waals surface area contributed by atoms with Crippen LogP contribution in [0, 0.1) is 18.3 Å². The molecule has 1 aliphatic rings. The van der Waals surface area contributed by atoms with E-state index in [1.54, 1.807) is 18.2 Å². The summed E-state index contributed by atoms with van der Waals surface area (Å²) >= 11 is 1.27. The Labute approximate surface area is 153 Å². The number of phenolic OH excluding ortho intramolecular Hbond substituents is 1. The summed E-state index contributed by atoms with van der Waals surface area (Å²) in [6.07, 6.45) is 1.52. The molecule has 128 valence electrons. The van der Waals surface area contributed by atoms with Gasteiger partial charge in [0.1, 0.15) is 21.7 Å². The molecule has 0 bridgehead atoms. The Morgan fingerprint density at radius 2 is 2.12 bits per heavy atom. The maximum absolute atomic E-state index is 12.4. The molecule has 3 aromatic rings. The van der Waals surface area contributed by atoms with Gasteiger partial charge in [0.15, 0.2) is 0 Å². The molecule has 0 saturated heterocycles. The molecule has 4 rings (SSSR count). The van der Waals surface area contributed by atoms with Gasteiger partial charge in [0.25, 0.3) is 5.91 Å². The smallest absolute Gasteiger partial charge is 0.254 e. The molecular weight excluding hydrogens is 348 g/mol. The van der Waals surface area contributed by atoms with E-state index in [4.69, 9.17) is 11.0 Å². The fourth-order valence-corrected chi connectivity index (χ4v) is 3.96. The molecule has 0 radical (unpaired) electrons. The Morgan fingerprint density at radius 1 is 1.31 bits per heavy atom. The number of benzene rings is 2. The van der Waals surface area contributed by atoms with Crippen molar-refractivity contribution in [2.75, 3.05) is 5.73 Å². The maximum atomic E-state index is 12.4. The van der Waals surface area contributed by atoms with Crippen LogP contribution < -0.4 is 11.1 Å². The molecular formula is C19H14N4O2S. The first-order valence-corrected chi connectivity index (χ1v) is 8.71. The molecule has 4 N–H and O–H groups in total. The van der Waals surface area contributed by atoms with Crippen LogP contribution in [0.5, 0.6) is 5.75 Å². The number of nitriles is 1. The van der Waals surface area contributed by atoms with E-state index < -0.39 is 0 Å².